The van der Waals surface area contributed by atoms with Crippen LogP contribution >= 0.6 is 11.3 Å². The fourth-order valence-corrected chi connectivity index (χ4v) is 4.07. The molecule has 6 nitrogen and oxygen atoms in total. The smallest absolute Gasteiger partial charge is 0.181 e. The Kier molecular flexibility index (Phi) is 3.70. The first-order valence-electron chi connectivity index (χ1n) is 8.14. The molecule has 4 aromatic rings. The third-order valence-electron chi connectivity index (χ3n) is 4.51. The van der Waals surface area contributed by atoms with E-state index in [0.29, 0.717) is 17.2 Å². The van der Waals surface area contributed by atoms with E-state index in [-0.39, 0.29) is 0 Å². The molecule has 1 atom stereocenters. The highest BCUT2D eigenvalue weighted by molar-refractivity contribution is 7.22. The largest absolute Gasteiger partial charge is 0.387 e. The van der Waals surface area contributed by atoms with Crippen LogP contribution in [-0.4, -0.2) is 24.6 Å². The topological polar surface area (TPSA) is 89.9 Å². The molecule has 3 N–H and O–H groups in total. The number of fused-ring (bicyclic) bond motifs is 3. The van der Waals surface area contributed by atoms with Crippen LogP contribution in [0, 0.1) is 6.92 Å². The van der Waals surface area contributed by atoms with Gasteiger partial charge in [-0.05, 0) is 31.0 Å². The lowest BCUT2D eigenvalue weighted by Gasteiger charge is -2.12. The second-order valence-electron chi connectivity index (χ2n) is 6.23. The molecule has 25 heavy (non-hydrogen) atoms. The third-order valence-corrected chi connectivity index (χ3v) is 5.42. The van der Waals surface area contributed by atoms with Crippen LogP contribution in [0.1, 0.15) is 30.7 Å². The van der Waals surface area contributed by atoms with Crippen LogP contribution < -0.4 is 5.73 Å². The molecule has 0 fully saturated rings. The Balaban J connectivity index is 2.00. The lowest BCUT2D eigenvalue weighted by molar-refractivity contribution is 0.169. The molecular formula is C18H19N5OS. The molecule has 1 aromatic carbocycles. The average molecular weight is 353 g/mol. The third kappa shape index (κ3) is 2.47. The number of nitrogens with zero attached hydrogens (tertiary/aromatic N) is 4. The Hall–Kier alpha value is -2.51. The quantitative estimate of drug-likeness (QED) is 0.587. The molecule has 0 amide bonds. The van der Waals surface area contributed by atoms with Gasteiger partial charge in [0.05, 0.1) is 39.4 Å². The molecule has 0 radical (unpaired) electrons. The Bertz CT molecular complexity index is 1100. The summed E-state index contributed by atoms with van der Waals surface area (Å²) in [5.41, 5.74) is 12.4. The van der Waals surface area contributed by atoms with Crippen LogP contribution in [0.15, 0.2) is 24.7 Å². The number of nitrogen functional groups attached to an aromatic ring is 1. The van der Waals surface area contributed by atoms with Crippen molar-refractivity contribution < 1.29 is 5.11 Å². The van der Waals surface area contributed by atoms with Gasteiger partial charge in [-0.25, -0.2) is 9.97 Å². The van der Waals surface area contributed by atoms with Gasteiger partial charge in [-0.2, -0.15) is 0 Å². The van der Waals surface area contributed by atoms with Gasteiger partial charge in [-0.15, -0.1) is 0 Å². The fraction of sp³-hybridized carbons (Fsp3) is 0.278. The second kappa shape index (κ2) is 5.79. The first-order chi connectivity index (χ1) is 12.0. The zero-order chi connectivity index (χ0) is 17.7. The summed E-state index contributed by atoms with van der Waals surface area (Å²) in [5.74, 6) is 0. The number of aromatic nitrogens is 4. The van der Waals surface area contributed by atoms with Crippen molar-refractivity contribution >= 4 is 37.7 Å². The summed E-state index contributed by atoms with van der Waals surface area (Å²) < 4.78 is 3.04. The van der Waals surface area contributed by atoms with Gasteiger partial charge >= 0.3 is 0 Å². The number of aryl methyl sites for hydroxylation is 2. The van der Waals surface area contributed by atoms with E-state index in [4.69, 9.17) is 5.73 Å². The van der Waals surface area contributed by atoms with Crippen LogP contribution in [0.4, 0.5) is 5.13 Å². The Morgan fingerprint density at radius 1 is 1.28 bits per heavy atom. The highest BCUT2D eigenvalue weighted by Gasteiger charge is 2.18. The molecule has 3 heterocycles. The van der Waals surface area contributed by atoms with E-state index in [1.54, 1.807) is 0 Å². The van der Waals surface area contributed by atoms with Gasteiger partial charge in [-0.1, -0.05) is 18.3 Å². The SMILES string of the molecule is CC[C@@H](O)c1cc(C)c(-c2cc3nc(N)sc3c3c2ncn3C)cn1. The number of nitrogens with two attached hydrogens (primary N) is 1. The maximum atomic E-state index is 10.0. The van der Waals surface area contributed by atoms with Crippen LogP contribution in [0.25, 0.3) is 32.4 Å². The molecule has 4 rings (SSSR count). The number of benzene rings is 1. The summed E-state index contributed by atoms with van der Waals surface area (Å²) in [6, 6.07) is 3.97. The number of imidazole rings is 1. The van der Waals surface area contributed by atoms with Crippen LogP contribution in [0.5, 0.6) is 0 Å². The van der Waals surface area contributed by atoms with Crippen molar-refractivity contribution in [2.45, 2.75) is 26.4 Å². The minimum Gasteiger partial charge on any atom is -0.387 e. The normalized spacial score (nSPS) is 13.0. The molecule has 128 valence electrons. The Morgan fingerprint density at radius 3 is 2.80 bits per heavy atom. The lowest BCUT2D eigenvalue weighted by Crippen LogP contribution is -2.00. The molecule has 7 heteroatoms. The van der Waals surface area contributed by atoms with Gasteiger partial charge in [0, 0.05) is 24.4 Å². The van der Waals surface area contributed by atoms with Crippen LogP contribution in [-0.2, 0) is 7.05 Å². The summed E-state index contributed by atoms with van der Waals surface area (Å²) >= 11 is 1.47. The van der Waals surface area contributed by atoms with E-state index in [9.17, 15) is 5.11 Å². The van der Waals surface area contributed by atoms with Crippen molar-refractivity contribution in [3.63, 3.8) is 0 Å². The average Bonchev–Trinajstić information content (AvgIpc) is 3.15. The van der Waals surface area contributed by atoms with Crippen molar-refractivity contribution in [1.82, 2.24) is 19.5 Å². The van der Waals surface area contributed by atoms with E-state index in [2.05, 4.69) is 15.0 Å². The summed E-state index contributed by atoms with van der Waals surface area (Å²) in [6.07, 6.45) is 3.72. The predicted octanol–water partition coefficient (Wildman–Crippen LogP) is 3.58. The summed E-state index contributed by atoms with van der Waals surface area (Å²) in [5, 5.41) is 10.6. The number of hydrogen-bond acceptors (Lipinski definition) is 6. The number of thiazole rings is 1. The number of aliphatic hydroxyl groups excluding tert-OH is 1. The van der Waals surface area contributed by atoms with Crippen LogP contribution in [0.3, 0.4) is 0 Å². The van der Waals surface area contributed by atoms with Crippen molar-refractivity contribution in [2.75, 3.05) is 5.73 Å². The van der Waals surface area contributed by atoms with E-state index in [1.165, 1.54) is 11.3 Å². The highest BCUT2D eigenvalue weighted by atomic mass is 32.1. The first-order valence-corrected chi connectivity index (χ1v) is 8.96. The van der Waals surface area contributed by atoms with Gasteiger partial charge in [0.25, 0.3) is 0 Å². The van der Waals surface area contributed by atoms with E-state index >= 15 is 0 Å². The molecule has 0 aliphatic rings. The number of aliphatic hydroxyl groups is 1. The van der Waals surface area contributed by atoms with Gasteiger partial charge < -0.3 is 15.4 Å². The summed E-state index contributed by atoms with van der Waals surface area (Å²) in [7, 11) is 1.97. The van der Waals surface area contributed by atoms with Crippen molar-refractivity contribution in [1.29, 1.82) is 0 Å². The lowest BCUT2D eigenvalue weighted by atomic mass is 9.99. The van der Waals surface area contributed by atoms with Gasteiger partial charge in [0.2, 0.25) is 0 Å². The zero-order valence-electron chi connectivity index (χ0n) is 14.3. The molecule has 0 saturated carbocycles. The maximum Gasteiger partial charge on any atom is 0.181 e. The van der Waals surface area contributed by atoms with E-state index in [0.717, 1.165) is 37.9 Å². The monoisotopic (exact) mass is 353 g/mol. The van der Waals surface area contributed by atoms with E-state index in [1.807, 2.05) is 50.1 Å². The molecule has 0 bridgehead atoms. The number of rotatable bonds is 3. The van der Waals surface area contributed by atoms with Crippen molar-refractivity contribution in [3.8, 4) is 11.1 Å². The van der Waals surface area contributed by atoms with Gasteiger partial charge in [0.15, 0.2) is 5.13 Å². The number of pyridine rings is 1. The summed E-state index contributed by atoms with van der Waals surface area (Å²) in [6.45, 7) is 3.96. The Labute approximate surface area is 149 Å². The minimum atomic E-state index is -0.538. The zero-order valence-corrected chi connectivity index (χ0v) is 15.1. The second-order valence-corrected chi connectivity index (χ2v) is 7.26. The summed E-state index contributed by atoms with van der Waals surface area (Å²) in [4.78, 5) is 13.5. The molecule has 0 unspecified atom stereocenters. The van der Waals surface area contributed by atoms with E-state index < -0.39 is 6.10 Å². The molecular weight excluding hydrogens is 334 g/mol. The van der Waals surface area contributed by atoms with Crippen LogP contribution in [0.2, 0.25) is 0 Å². The number of hydrogen-bond donors (Lipinski definition) is 2. The Morgan fingerprint density at radius 2 is 2.08 bits per heavy atom. The first kappa shape index (κ1) is 16.0. The molecule has 3 aromatic heterocycles. The van der Waals surface area contributed by atoms with Crippen molar-refractivity contribution in [3.05, 3.63) is 35.9 Å². The maximum absolute atomic E-state index is 10.0. The van der Waals surface area contributed by atoms with Crippen molar-refractivity contribution in [2.24, 2.45) is 7.05 Å². The highest BCUT2D eigenvalue weighted by Crippen LogP contribution is 2.38. The molecule has 0 saturated heterocycles. The molecule has 0 aliphatic heterocycles. The standard InChI is InChI=1S/C18H19N5OS/c1-4-14(24)12-5-9(2)11(7-20-12)10-6-13-17(25-18(19)22-13)16-15(10)21-8-23(16)3/h5-8,14,24H,4H2,1-3H3,(H2,19,22)/t14-/m1/s1. The molecule has 0 aliphatic carbocycles. The molecule has 0 spiro atoms. The number of anilines is 1. The fourth-order valence-electron chi connectivity index (χ4n) is 3.17. The predicted molar refractivity (Wildman–Crippen MR) is 102 cm³/mol. The minimum absolute atomic E-state index is 0.538. The van der Waals surface area contributed by atoms with Gasteiger partial charge in [-0.3, -0.25) is 4.98 Å². The van der Waals surface area contributed by atoms with Gasteiger partial charge in [0.1, 0.15) is 0 Å².